The van der Waals surface area contributed by atoms with Crippen LogP contribution in [0.5, 0.6) is 5.75 Å². The molecule has 0 aliphatic heterocycles. The average Bonchev–Trinajstić information content (AvgIpc) is 2.41. The van der Waals surface area contributed by atoms with Crippen molar-refractivity contribution in [1.82, 2.24) is 0 Å². The van der Waals surface area contributed by atoms with Crippen LogP contribution in [-0.4, -0.2) is 5.91 Å². The lowest BCUT2D eigenvalue weighted by Gasteiger charge is -2.07. The van der Waals surface area contributed by atoms with Gasteiger partial charge < -0.3 is 10.5 Å². The molecule has 0 aromatic heterocycles. The van der Waals surface area contributed by atoms with Gasteiger partial charge in [-0.15, -0.1) is 0 Å². The Morgan fingerprint density at radius 1 is 1.05 bits per heavy atom. The minimum atomic E-state index is -0.626. The first-order chi connectivity index (χ1) is 9.15. The summed E-state index contributed by atoms with van der Waals surface area (Å²) in [6.07, 6.45) is 1.59. The molecule has 19 heavy (non-hydrogen) atoms. The molecule has 0 aliphatic rings. The van der Waals surface area contributed by atoms with Gasteiger partial charge in [-0.3, -0.25) is 4.79 Å². The van der Waals surface area contributed by atoms with Gasteiger partial charge in [0.15, 0.2) is 5.76 Å². The van der Waals surface area contributed by atoms with E-state index in [0.717, 1.165) is 5.56 Å². The Labute approximate surface area is 116 Å². The predicted octanol–water partition coefficient (Wildman–Crippen LogP) is 3.25. The Balaban J connectivity index is 2.24. The van der Waals surface area contributed by atoms with Gasteiger partial charge in [0, 0.05) is 5.02 Å². The van der Waals surface area contributed by atoms with E-state index in [1.807, 2.05) is 30.3 Å². The molecule has 0 radical (unpaired) electrons. The zero-order valence-corrected chi connectivity index (χ0v) is 10.8. The average molecular weight is 274 g/mol. The van der Waals surface area contributed by atoms with Gasteiger partial charge in [0.05, 0.1) is 0 Å². The van der Waals surface area contributed by atoms with E-state index < -0.39 is 5.91 Å². The third-order valence-electron chi connectivity index (χ3n) is 2.38. The number of carbonyl (C=O) groups excluding carboxylic acids is 1. The molecule has 2 aromatic rings. The van der Waals surface area contributed by atoms with Crippen LogP contribution in [0.15, 0.2) is 60.4 Å². The van der Waals surface area contributed by atoms with E-state index in [0.29, 0.717) is 10.8 Å². The fourth-order valence-corrected chi connectivity index (χ4v) is 1.61. The quantitative estimate of drug-likeness (QED) is 0.687. The standard InChI is InChI=1S/C15H12ClNO2/c16-12-6-8-13(9-7-12)19-14(15(17)18)10-11-4-2-1-3-5-11/h1-10H,(H2,17,18)/b14-10-. The monoisotopic (exact) mass is 273 g/mol. The molecule has 0 saturated carbocycles. The van der Waals surface area contributed by atoms with E-state index in [1.54, 1.807) is 30.3 Å². The van der Waals surface area contributed by atoms with Crippen LogP contribution >= 0.6 is 11.6 Å². The Morgan fingerprint density at radius 2 is 1.68 bits per heavy atom. The van der Waals surface area contributed by atoms with Crippen LogP contribution < -0.4 is 10.5 Å². The fourth-order valence-electron chi connectivity index (χ4n) is 1.48. The van der Waals surface area contributed by atoms with Crippen molar-refractivity contribution in [3.05, 3.63) is 70.9 Å². The molecule has 0 aliphatic carbocycles. The molecule has 1 amide bonds. The molecular weight excluding hydrogens is 262 g/mol. The normalized spacial score (nSPS) is 11.1. The van der Waals surface area contributed by atoms with E-state index in [-0.39, 0.29) is 5.76 Å². The number of hydrogen-bond donors (Lipinski definition) is 1. The fraction of sp³-hybridized carbons (Fsp3) is 0. The summed E-state index contributed by atoms with van der Waals surface area (Å²) in [6, 6.07) is 16.0. The number of ether oxygens (including phenoxy) is 1. The minimum absolute atomic E-state index is 0.0773. The van der Waals surface area contributed by atoms with Crippen molar-refractivity contribution >= 4 is 23.6 Å². The number of hydrogen-bond acceptors (Lipinski definition) is 2. The van der Waals surface area contributed by atoms with Gasteiger partial charge in [-0.05, 0) is 35.9 Å². The molecule has 0 saturated heterocycles. The van der Waals surface area contributed by atoms with Crippen LogP contribution in [0.1, 0.15) is 5.56 Å². The Kier molecular flexibility index (Phi) is 4.21. The highest BCUT2D eigenvalue weighted by Gasteiger charge is 2.08. The van der Waals surface area contributed by atoms with Crippen LogP contribution in [0.2, 0.25) is 5.02 Å². The second-order valence-corrected chi connectivity index (χ2v) is 4.28. The predicted molar refractivity (Wildman–Crippen MR) is 75.7 cm³/mol. The molecule has 2 N–H and O–H groups in total. The molecule has 2 aromatic carbocycles. The molecule has 4 heteroatoms. The molecule has 0 atom stereocenters. The van der Waals surface area contributed by atoms with Gasteiger partial charge in [0.1, 0.15) is 5.75 Å². The molecule has 0 spiro atoms. The molecule has 0 heterocycles. The Morgan fingerprint density at radius 3 is 2.26 bits per heavy atom. The van der Waals surface area contributed by atoms with Crippen molar-refractivity contribution < 1.29 is 9.53 Å². The van der Waals surface area contributed by atoms with Crippen LogP contribution in [-0.2, 0) is 4.79 Å². The first kappa shape index (κ1) is 13.2. The SMILES string of the molecule is NC(=O)/C(=C/c1ccccc1)Oc1ccc(Cl)cc1. The van der Waals surface area contributed by atoms with Crippen molar-refractivity contribution in [3.8, 4) is 5.75 Å². The van der Waals surface area contributed by atoms with Gasteiger partial charge in [-0.25, -0.2) is 0 Å². The highest BCUT2D eigenvalue weighted by atomic mass is 35.5. The highest BCUT2D eigenvalue weighted by molar-refractivity contribution is 6.30. The molecular formula is C15H12ClNO2. The number of halogens is 1. The summed E-state index contributed by atoms with van der Waals surface area (Å²) in [4.78, 5) is 11.4. The summed E-state index contributed by atoms with van der Waals surface area (Å²) in [5.74, 6) is -0.0438. The van der Waals surface area contributed by atoms with Crippen molar-refractivity contribution in [2.45, 2.75) is 0 Å². The summed E-state index contributed by atoms with van der Waals surface area (Å²) >= 11 is 5.78. The van der Waals surface area contributed by atoms with Crippen molar-refractivity contribution in [3.63, 3.8) is 0 Å². The second kappa shape index (κ2) is 6.07. The third kappa shape index (κ3) is 3.86. The molecule has 0 unspecified atom stereocenters. The summed E-state index contributed by atoms with van der Waals surface area (Å²) in [5.41, 5.74) is 6.14. The molecule has 3 nitrogen and oxygen atoms in total. The number of rotatable bonds is 4. The lowest BCUT2D eigenvalue weighted by Crippen LogP contribution is -2.18. The summed E-state index contributed by atoms with van der Waals surface area (Å²) in [7, 11) is 0. The second-order valence-electron chi connectivity index (χ2n) is 3.84. The van der Waals surface area contributed by atoms with E-state index in [4.69, 9.17) is 22.1 Å². The van der Waals surface area contributed by atoms with Gasteiger partial charge >= 0.3 is 0 Å². The van der Waals surface area contributed by atoms with Gasteiger partial charge in [0.2, 0.25) is 0 Å². The van der Waals surface area contributed by atoms with Gasteiger partial charge in [-0.2, -0.15) is 0 Å². The van der Waals surface area contributed by atoms with Gasteiger partial charge in [0.25, 0.3) is 5.91 Å². The van der Waals surface area contributed by atoms with Crippen LogP contribution in [0.4, 0.5) is 0 Å². The number of carbonyl (C=O) groups is 1. The summed E-state index contributed by atoms with van der Waals surface area (Å²) in [6.45, 7) is 0. The zero-order valence-electron chi connectivity index (χ0n) is 10.0. The lowest BCUT2D eigenvalue weighted by atomic mass is 10.2. The summed E-state index contributed by atoms with van der Waals surface area (Å²) < 4.78 is 5.46. The zero-order chi connectivity index (χ0) is 13.7. The Hall–Kier alpha value is -2.26. The van der Waals surface area contributed by atoms with Crippen LogP contribution in [0.25, 0.3) is 6.08 Å². The van der Waals surface area contributed by atoms with E-state index in [1.165, 1.54) is 0 Å². The number of benzene rings is 2. The van der Waals surface area contributed by atoms with Crippen molar-refractivity contribution in [2.24, 2.45) is 5.73 Å². The maximum Gasteiger partial charge on any atom is 0.284 e. The number of primary amides is 1. The van der Waals surface area contributed by atoms with Crippen LogP contribution in [0.3, 0.4) is 0 Å². The molecule has 0 bridgehead atoms. The van der Waals surface area contributed by atoms with Gasteiger partial charge in [-0.1, -0.05) is 41.9 Å². The summed E-state index contributed by atoms with van der Waals surface area (Å²) in [5, 5.41) is 0.597. The Bertz CT molecular complexity index is 591. The largest absolute Gasteiger partial charge is 0.452 e. The van der Waals surface area contributed by atoms with E-state index in [9.17, 15) is 4.79 Å². The minimum Gasteiger partial charge on any atom is -0.452 e. The molecule has 96 valence electrons. The third-order valence-corrected chi connectivity index (χ3v) is 2.63. The van der Waals surface area contributed by atoms with Crippen molar-refractivity contribution in [2.75, 3.05) is 0 Å². The van der Waals surface area contributed by atoms with Crippen LogP contribution in [0, 0.1) is 0 Å². The molecule has 0 fully saturated rings. The number of nitrogens with two attached hydrogens (primary N) is 1. The van der Waals surface area contributed by atoms with E-state index >= 15 is 0 Å². The first-order valence-electron chi connectivity index (χ1n) is 5.65. The smallest absolute Gasteiger partial charge is 0.284 e. The van der Waals surface area contributed by atoms with Crippen molar-refractivity contribution in [1.29, 1.82) is 0 Å². The number of amides is 1. The maximum atomic E-state index is 11.4. The first-order valence-corrected chi connectivity index (χ1v) is 6.03. The highest BCUT2D eigenvalue weighted by Crippen LogP contribution is 2.18. The van der Waals surface area contributed by atoms with E-state index in [2.05, 4.69) is 0 Å². The topological polar surface area (TPSA) is 52.3 Å². The molecule has 2 rings (SSSR count). The lowest BCUT2D eigenvalue weighted by molar-refractivity contribution is -0.116. The maximum absolute atomic E-state index is 11.4.